The highest BCUT2D eigenvalue weighted by Crippen LogP contribution is 2.37. The fraction of sp³-hybridized carbons (Fsp3) is 0.364. The number of rotatable bonds is 11. The molecular formula is C33H37ClN6O4. The topological polar surface area (TPSA) is 111 Å². The number of aryl methyl sites for hydroxylation is 1. The van der Waals surface area contributed by atoms with E-state index in [4.69, 9.17) is 21.1 Å². The lowest BCUT2D eigenvalue weighted by Gasteiger charge is -2.34. The van der Waals surface area contributed by atoms with Gasteiger partial charge in [-0.1, -0.05) is 49.9 Å². The van der Waals surface area contributed by atoms with Gasteiger partial charge >= 0.3 is 0 Å². The first-order valence-electron chi connectivity index (χ1n) is 14.9. The maximum atomic E-state index is 14.4. The minimum atomic E-state index is -1.07. The molecule has 1 atom stereocenters. The summed E-state index contributed by atoms with van der Waals surface area (Å²) in [5.74, 6) is 0.652. The summed E-state index contributed by atoms with van der Waals surface area (Å²) in [4.78, 5) is 31.4. The van der Waals surface area contributed by atoms with Crippen LogP contribution in [0.5, 0.6) is 11.5 Å². The second-order valence-corrected chi connectivity index (χ2v) is 11.2. The highest BCUT2D eigenvalue weighted by Gasteiger charge is 2.36. The molecule has 1 N–H and O–H groups in total. The van der Waals surface area contributed by atoms with E-state index in [-0.39, 0.29) is 18.5 Å². The summed E-state index contributed by atoms with van der Waals surface area (Å²) < 4.78 is 11.3. The molecule has 1 aliphatic rings. The number of carbonyl (C=O) groups is 2. The number of halogens is 1. The molecule has 2 amide bonds. The second-order valence-electron chi connectivity index (χ2n) is 10.8. The van der Waals surface area contributed by atoms with E-state index in [0.29, 0.717) is 39.2 Å². The van der Waals surface area contributed by atoms with Gasteiger partial charge in [0.15, 0.2) is 0 Å². The Balaban J connectivity index is 1.57. The second kappa shape index (κ2) is 14.4. The molecule has 0 spiro atoms. The van der Waals surface area contributed by atoms with Crippen molar-refractivity contribution in [3.05, 3.63) is 82.9 Å². The molecule has 44 heavy (non-hydrogen) atoms. The third kappa shape index (κ3) is 7.19. The SMILES string of the molecule is CCc1ccc(N(C(=O)Cn2nnc(-c3ccc(Cl)cc3)n2)[C@H](C(=O)NC2CCCCC2)c2cc(OC)ccc2OC)cc1. The van der Waals surface area contributed by atoms with Crippen LogP contribution >= 0.6 is 11.6 Å². The number of hydrogen-bond donors (Lipinski definition) is 1. The highest BCUT2D eigenvalue weighted by molar-refractivity contribution is 6.30. The van der Waals surface area contributed by atoms with Crippen LogP contribution in [-0.2, 0) is 22.6 Å². The fourth-order valence-electron chi connectivity index (χ4n) is 5.53. The van der Waals surface area contributed by atoms with E-state index in [1.165, 1.54) is 9.70 Å². The number of methoxy groups -OCH3 is 2. The van der Waals surface area contributed by atoms with Gasteiger partial charge in [0.25, 0.3) is 5.91 Å². The van der Waals surface area contributed by atoms with E-state index < -0.39 is 11.9 Å². The van der Waals surface area contributed by atoms with Gasteiger partial charge in [-0.05, 0) is 84.6 Å². The molecule has 0 bridgehead atoms. The number of nitrogens with zero attached hydrogens (tertiary/aromatic N) is 5. The van der Waals surface area contributed by atoms with Crippen LogP contribution in [-0.4, -0.2) is 52.3 Å². The normalized spacial score (nSPS) is 14.1. The summed E-state index contributed by atoms with van der Waals surface area (Å²) >= 11 is 6.03. The number of carbonyl (C=O) groups excluding carboxylic acids is 2. The Hall–Kier alpha value is -4.44. The smallest absolute Gasteiger partial charge is 0.251 e. The number of amides is 2. The van der Waals surface area contributed by atoms with Crippen molar-refractivity contribution in [2.45, 2.75) is 64.1 Å². The Morgan fingerprint density at radius 1 is 1.00 bits per heavy atom. The number of tetrazole rings is 1. The zero-order valence-corrected chi connectivity index (χ0v) is 26.0. The van der Waals surface area contributed by atoms with Crippen molar-refractivity contribution in [2.24, 2.45) is 0 Å². The first kappa shape index (κ1) is 31.0. The molecule has 10 nitrogen and oxygen atoms in total. The van der Waals surface area contributed by atoms with Crippen molar-refractivity contribution in [1.82, 2.24) is 25.5 Å². The first-order valence-corrected chi connectivity index (χ1v) is 15.2. The Labute approximate surface area is 262 Å². The van der Waals surface area contributed by atoms with E-state index >= 15 is 0 Å². The zero-order chi connectivity index (χ0) is 31.1. The molecular weight excluding hydrogens is 580 g/mol. The molecule has 1 aromatic heterocycles. The van der Waals surface area contributed by atoms with Gasteiger partial charge in [0.05, 0.1) is 14.2 Å². The Morgan fingerprint density at radius 2 is 1.73 bits per heavy atom. The molecule has 1 saturated carbocycles. The lowest BCUT2D eigenvalue weighted by Crippen LogP contribution is -2.48. The van der Waals surface area contributed by atoms with Crippen LogP contribution in [0.15, 0.2) is 66.7 Å². The molecule has 11 heteroatoms. The average molecular weight is 617 g/mol. The standard InChI is InChI=1S/C33H37ClN6O4/c1-4-22-10-16-26(17-11-22)40(30(41)21-39-37-32(36-38-39)23-12-14-24(34)15-13-23)31(33(42)35-25-8-6-5-7-9-25)28-20-27(43-2)18-19-29(28)44-3/h10-20,25,31H,4-9,21H2,1-3H3,(H,35,42)/t31-/m0/s1. The lowest BCUT2D eigenvalue weighted by molar-refractivity contribution is -0.127. The van der Waals surface area contributed by atoms with E-state index in [9.17, 15) is 9.59 Å². The molecule has 5 rings (SSSR count). The predicted octanol–water partition coefficient (Wildman–Crippen LogP) is 5.80. The van der Waals surface area contributed by atoms with Gasteiger partial charge in [0.1, 0.15) is 24.1 Å². The maximum Gasteiger partial charge on any atom is 0.251 e. The molecule has 4 aromatic rings. The molecule has 3 aromatic carbocycles. The summed E-state index contributed by atoms with van der Waals surface area (Å²) in [5.41, 5.74) is 2.88. The average Bonchev–Trinajstić information content (AvgIpc) is 3.52. The highest BCUT2D eigenvalue weighted by atomic mass is 35.5. The number of benzene rings is 3. The summed E-state index contributed by atoms with van der Waals surface area (Å²) in [6.45, 7) is 1.81. The van der Waals surface area contributed by atoms with Crippen LogP contribution in [0.1, 0.15) is 56.2 Å². The minimum absolute atomic E-state index is 0.0219. The monoisotopic (exact) mass is 616 g/mol. The predicted molar refractivity (Wildman–Crippen MR) is 169 cm³/mol. The van der Waals surface area contributed by atoms with Gasteiger partial charge in [-0.15, -0.1) is 10.2 Å². The van der Waals surface area contributed by atoms with Gasteiger partial charge < -0.3 is 14.8 Å². The van der Waals surface area contributed by atoms with E-state index in [0.717, 1.165) is 44.1 Å². The largest absolute Gasteiger partial charge is 0.497 e. The van der Waals surface area contributed by atoms with Crippen molar-refractivity contribution < 1.29 is 19.1 Å². The molecule has 1 aliphatic carbocycles. The molecule has 230 valence electrons. The van der Waals surface area contributed by atoms with Crippen molar-refractivity contribution in [3.63, 3.8) is 0 Å². The Morgan fingerprint density at radius 3 is 2.39 bits per heavy atom. The number of hydrogen-bond acceptors (Lipinski definition) is 7. The lowest BCUT2D eigenvalue weighted by atomic mass is 9.94. The third-order valence-electron chi connectivity index (χ3n) is 7.91. The van der Waals surface area contributed by atoms with Crippen molar-refractivity contribution in [2.75, 3.05) is 19.1 Å². The number of nitrogens with one attached hydrogen (secondary N) is 1. The van der Waals surface area contributed by atoms with Crippen molar-refractivity contribution >= 4 is 29.1 Å². The fourth-order valence-corrected chi connectivity index (χ4v) is 5.65. The summed E-state index contributed by atoms with van der Waals surface area (Å²) in [5, 5.41) is 16.6. The van der Waals surface area contributed by atoms with Gasteiger partial charge in [0, 0.05) is 27.9 Å². The number of anilines is 1. The quantitative estimate of drug-likeness (QED) is 0.227. The van der Waals surface area contributed by atoms with E-state index in [2.05, 4.69) is 27.7 Å². The van der Waals surface area contributed by atoms with Crippen LogP contribution in [0.3, 0.4) is 0 Å². The van der Waals surface area contributed by atoms with Crippen LogP contribution < -0.4 is 19.7 Å². The van der Waals surface area contributed by atoms with Crippen LogP contribution in [0.25, 0.3) is 11.4 Å². The van der Waals surface area contributed by atoms with Crippen LogP contribution in [0.4, 0.5) is 5.69 Å². The summed E-state index contributed by atoms with van der Waals surface area (Å²) in [6.07, 6.45) is 5.86. The third-order valence-corrected chi connectivity index (χ3v) is 8.16. The summed E-state index contributed by atoms with van der Waals surface area (Å²) in [6, 6.07) is 18.9. The Bertz CT molecular complexity index is 1570. The summed E-state index contributed by atoms with van der Waals surface area (Å²) in [7, 11) is 3.10. The molecule has 0 radical (unpaired) electrons. The van der Waals surface area contributed by atoms with Crippen LogP contribution in [0.2, 0.25) is 5.02 Å². The zero-order valence-electron chi connectivity index (χ0n) is 25.2. The molecule has 0 saturated heterocycles. The Kier molecular flexibility index (Phi) is 10.1. The first-order chi connectivity index (χ1) is 21.4. The number of ether oxygens (including phenoxy) is 2. The molecule has 0 unspecified atom stereocenters. The molecule has 1 fully saturated rings. The van der Waals surface area contributed by atoms with Crippen molar-refractivity contribution in [1.29, 1.82) is 0 Å². The molecule has 0 aliphatic heterocycles. The van der Waals surface area contributed by atoms with Crippen molar-refractivity contribution in [3.8, 4) is 22.9 Å². The van der Waals surface area contributed by atoms with E-state index in [1.807, 2.05) is 24.3 Å². The van der Waals surface area contributed by atoms with E-state index in [1.54, 1.807) is 56.7 Å². The maximum absolute atomic E-state index is 14.4. The van der Waals surface area contributed by atoms with Gasteiger partial charge in [-0.2, -0.15) is 4.80 Å². The van der Waals surface area contributed by atoms with Crippen LogP contribution in [0, 0.1) is 0 Å². The minimum Gasteiger partial charge on any atom is -0.497 e. The number of aromatic nitrogens is 4. The molecule has 1 heterocycles. The van der Waals surface area contributed by atoms with Gasteiger partial charge in [-0.25, -0.2) is 0 Å². The van der Waals surface area contributed by atoms with Gasteiger partial charge in [-0.3, -0.25) is 14.5 Å². The van der Waals surface area contributed by atoms with Gasteiger partial charge in [0.2, 0.25) is 11.7 Å².